The van der Waals surface area contributed by atoms with Gasteiger partial charge in [0.1, 0.15) is 18.2 Å². The van der Waals surface area contributed by atoms with Crippen LogP contribution in [0.3, 0.4) is 0 Å². The second kappa shape index (κ2) is 6.51. The molecule has 2 rings (SSSR count). The Balaban J connectivity index is 2.01. The summed E-state index contributed by atoms with van der Waals surface area (Å²) in [6, 6.07) is 2.03. The predicted molar refractivity (Wildman–Crippen MR) is 76.2 cm³/mol. The Labute approximate surface area is 118 Å². The Morgan fingerprint density at radius 2 is 2.20 bits per heavy atom. The number of carbonyl (C=O) groups excluding carboxylic acids is 1. The zero-order valence-electron chi connectivity index (χ0n) is 11.9. The molecule has 20 heavy (non-hydrogen) atoms. The van der Waals surface area contributed by atoms with Gasteiger partial charge in [-0.3, -0.25) is 4.79 Å². The van der Waals surface area contributed by atoms with Gasteiger partial charge in [-0.05, 0) is 12.8 Å². The van der Waals surface area contributed by atoms with Crippen LogP contribution >= 0.6 is 0 Å². The molecule has 0 aliphatic carbocycles. The summed E-state index contributed by atoms with van der Waals surface area (Å²) >= 11 is 0. The quantitative estimate of drug-likeness (QED) is 0.824. The maximum atomic E-state index is 11.0. The molecule has 110 valence electrons. The van der Waals surface area contributed by atoms with Gasteiger partial charge in [-0.1, -0.05) is 0 Å². The van der Waals surface area contributed by atoms with E-state index in [1.54, 1.807) is 20.1 Å². The Morgan fingerprint density at radius 1 is 1.50 bits per heavy atom. The summed E-state index contributed by atoms with van der Waals surface area (Å²) in [6.45, 7) is 3.58. The van der Waals surface area contributed by atoms with Gasteiger partial charge in [0.05, 0.1) is 0 Å². The van der Waals surface area contributed by atoms with Gasteiger partial charge in [0, 0.05) is 39.2 Å². The molecule has 0 radical (unpaired) electrons. The van der Waals surface area contributed by atoms with Gasteiger partial charge in [-0.25, -0.2) is 9.97 Å². The van der Waals surface area contributed by atoms with Crippen molar-refractivity contribution in [2.24, 2.45) is 0 Å². The second-order valence-corrected chi connectivity index (χ2v) is 4.96. The number of rotatable bonds is 4. The highest BCUT2D eigenvalue weighted by atomic mass is 16.5. The standard InChI is InChI=1S/C13H21N5O2/c1-9(19)15-10-3-5-18(6-4-10)13-7-11(14)16-12(17-13)8-20-2/h7,10H,3-6,8H2,1-2H3,(H,15,19)(H2,14,16,17). The van der Waals surface area contributed by atoms with Crippen LogP contribution in [0.4, 0.5) is 11.6 Å². The number of hydrogen-bond acceptors (Lipinski definition) is 6. The Kier molecular flexibility index (Phi) is 4.73. The fourth-order valence-corrected chi connectivity index (χ4v) is 2.40. The van der Waals surface area contributed by atoms with Crippen molar-refractivity contribution in [1.29, 1.82) is 0 Å². The minimum absolute atomic E-state index is 0.0251. The Hall–Kier alpha value is -1.89. The zero-order chi connectivity index (χ0) is 14.5. The lowest BCUT2D eigenvalue weighted by Crippen LogP contribution is -2.44. The number of anilines is 2. The summed E-state index contributed by atoms with van der Waals surface area (Å²) in [4.78, 5) is 21.8. The number of hydrogen-bond donors (Lipinski definition) is 2. The number of nitrogen functional groups attached to an aromatic ring is 1. The molecule has 0 spiro atoms. The van der Waals surface area contributed by atoms with E-state index >= 15 is 0 Å². The third kappa shape index (κ3) is 3.80. The molecular formula is C13H21N5O2. The molecule has 0 aromatic carbocycles. The van der Waals surface area contributed by atoms with Crippen molar-refractivity contribution < 1.29 is 9.53 Å². The van der Waals surface area contributed by atoms with Gasteiger partial charge in [0.15, 0.2) is 5.82 Å². The summed E-state index contributed by atoms with van der Waals surface area (Å²) in [7, 11) is 1.60. The Bertz CT molecular complexity index is 472. The topological polar surface area (TPSA) is 93.4 Å². The highest BCUT2D eigenvalue weighted by molar-refractivity contribution is 5.73. The molecule has 7 heteroatoms. The van der Waals surface area contributed by atoms with Crippen molar-refractivity contribution >= 4 is 17.5 Å². The van der Waals surface area contributed by atoms with E-state index < -0.39 is 0 Å². The molecular weight excluding hydrogens is 258 g/mol. The first-order valence-corrected chi connectivity index (χ1v) is 6.73. The van der Waals surface area contributed by atoms with E-state index in [2.05, 4.69) is 20.2 Å². The number of nitrogens with two attached hydrogens (primary N) is 1. The minimum Gasteiger partial charge on any atom is -0.384 e. The number of carbonyl (C=O) groups is 1. The van der Waals surface area contributed by atoms with Crippen LogP contribution in [0.5, 0.6) is 0 Å². The van der Waals surface area contributed by atoms with Crippen molar-refractivity contribution in [3.63, 3.8) is 0 Å². The number of nitrogens with zero attached hydrogens (tertiary/aromatic N) is 3. The maximum Gasteiger partial charge on any atom is 0.217 e. The van der Waals surface area contributed by atoms with Crippen LogP contribution in [-0.2, 0) is 16.1 Å². The molecule has 1 saturated heterocycles. The van der Waals surface area contributed by atoms with E-state index in [-0.39, 0.29) is 11.9 Å². The first-order valence-electron chi connectivity index (χ1n) is 6.73. The number of amides is 1. The molecule has 1 fully saturated rings. The lowest BCUT2D eigenvalue weighted by Gasteiger charge is -2.33. The zero-order valence-corrected chi connectivity index (χ0v) is 11.9. The average molecular weight is 279 g/mol. The highest BCUT2D eigenvalue weighted by Gasteiger charge is 2.21. The molecule has 0 bridgehead atoms. The van der Waals surface area contributed by atoms with Crippen LogP contribution in [-0.4, -0.2) is 42.1 Å². The van der Waals surface area contributed by atoms with Crippen molar-refractivity contribution in [3.05, 3.63) is 11.9 Å². The van der Waals surface area contributed by atoms with E-state index in [1.165, 1.54) is 0 Å². The smallest absolute Gasteiger partial charge is 0.217 e. The van der Waals surface area contributed by atoms with Gasteiger partial charge in [0.2, 0.25) is 5.91 Å². The largest absolute Gasteiger partial charge is 0.384 e. The third-order valence-electron chi connectivity index (χ3n) is 3.28. The molecule has 1 aromatic rings. The molecule has 7 nitrogen and oxygen atoms in total. The molecule has 3 N–H and O–H groups in total. The molecule has 0 saturated carbocycles. The number of aromatic nitrogens is 2. The SMILES string of the molecule is COCc1nc(N)cc(N2CCC(NC(C)=O)CC2)n1. The molecule has 1 amide bonds. The van der Waals surface area contributed by atoms with E-state index in [0.717, 1.165) is 31.7 Å². The molecule has 1 aliphatic heterocycles. The molecule has 1 aliphatic rings. The fraction of sp³-hybridized carbons (Fsp3) is 0.615. The van der Waals surface area contributed by atoms with Gasteiger partial charge in [-0.15, -0.1) is 0 Å². The lowest BCUT2D eigenvalue weighted by molar-refractivity contribution is -0.119. The first kappa shape index (κ1) is 14.5. The number of ether oxygens (including phenoxy) is 1. The predicted octanol–water partition coefficient (Wildman–Crippen LogP) is 0.310. The second-order valence-electron chi connectivity index (χ2n) is 4.96. The summed E-state index contributed by atoms with van der Waals surface area (Å²) < 4.78 is 5.04. The van der Waals surface area contributed by atoms with Crippen LogP contribution in [0.25, 0.3) is 0 Å². The van der Waals surface area contributed by atoms with E-state index in [9.17, 15) is 4.79 Å². The van der Waals surface area contributed by atoms with Crippen molar-refractivity contribution in [1.82, 2.24) is 15.3 Å². The van der Waals surface area contributed by atoms with Crippen LogP contribution in [0.2, 0.25) is 0 Å². The molecule has 0 unspecified atom stereocenters. The summed E-state index contributed by atoms with van der Waals surface area (Å²) in [5.74, 6) is 1.89. The van der Waals surface area contributed by atoms with Crippen LogP contribution in [0.1, 0.15) is 25.6 Å². The number of nitrogens with one attached hydrogen (secondary N) is 1. The first-order chi connectivity index (χ1) is 9.58. The summed E-state index contributed by atoms with van der Waals surface area (Å²) in [6.07, 6.45) is 1.81. The number of piperidine rings is 1. The van der Waals surface area contributed by atoms with Gasteiger partial charge >= 0.3 is 0 Å². The van der Waals surface area contributed by atoms with E-state index in [1.807, 2.05) is 0 Å². The summed E-state index contributed by atoms with van der Waals surface area (Å²) in [5, 5.41) is 2.95. The van der Waals surface area contributed by atoms with Crippen molar-refractivity contribution in [2.75, 3.05) is 30.8 Å². The van der Waals surface area contributed by atoms with E-state index in [4.69, 9.17) is 10.5 Å². The van der Waals surface area contributed by atoms with Crippen molar-refractivity contribution in [2.45, 2.75) is 32.4 Å². The van der Waals surface area contributed by atoms with Crippen molar-refractivity contribution in [3.8, 4) is 0 Å². The number of methoxy groups -OCH3 is 1. The van der Waals surface area contributed by atoms with Gasteiger partial charge in [-0.2, -0.15) is 0 Å². The molecule has 0 atom stereocenters. The van der Waals surface area contributed by atoms with Crippen LogP contribution in [0.15, 0.2) is 6.07 Å². The summed E-state index contributed by atoms with van der Waals surface area (Å²) in [5.41, 5.74) is 5.80. The lowest BCUT2D eigenvalue weighted by atomic mass is 10.1. The maximum absolute atomic E-state index is 11.0. The minimum atomic E-state index is 0.0251. The van der Waals surface area contributed by atoms with Crippen LogP contribution < -0.4 is 16.0 Å². The molecule has 1 aromatic heterocycles. The Morgan fingerprint density at radius 3 is 2.80 bits per heavy atom. The average Bonchev–Trinajstić information content (AvgIpc) is 2.38. The van der Waals surface area contributed by atoms with Crippen LogP contribution in [0, 0.1) is 0 Å². The monoisotopic (exact) mass is 279 g/mol. The molecule has 2 heterocycles. The van der Waals surface area contributed by atoms with Gasteiger partial charge < -0.3 is 20.7 Å². The normalized spacial score (nSPS) is 16.2. The fourth-order valence-electron chi connectivity index (χ4n) is 2.40. The third-order valence-corrected chi connectivity index (χ3v) is 3.28. The van der Waals surface area contributed by atoms with E-state index in [0.29, 0.717) is 18.2 Å². The van der Waals surface area contributed by atoms with Gasteiger partial charge in [0.25, 0.3) is 0 Å². The highest BCUT2D eigenvalue weighted by Crippen LogP contribution is 2.20.